The average molecular weight is 231 g/mol. The zero-order valence-electron chi connectivity index (χ0n) is 10.1. The van der Waals surface area contributed by atoms with E-state index in [1.165, 1.54) is 31.4 Å². The molecule has 1 N–H and O–H groups in total. The van der Waals surface area contributed by atoms with Crippen LogP contribution in [0, 0.1) is 0 Å². The summed E-state index contributed by atoms with van der Waals surface area (Å²) in [5, 5.41) is 4.25. The summed E-state index contributed by atoms with van der Waals surface area (Å²) in [6, 6.07) is 0.676. The Balaban J connectivity index is 2.17. The van der Waals surface area contributed by atoms with Crippen molar-refractivity contribution in [3.05, 3.63) is 0 Å². The Morgan fingerprint density at radius 3 is 2.93 bits per heavy atom. The molecule has 0 amide bonds. The molecule has 0 radical (unpaired) electrons. The fourth-order valence-corrected chi connectivity index (χ4v) is 3.29. The predicted octanol–water partition coefficient (Wildman–Crippen LogP) is 2.68. The molecule has 0 bridgehead atoms. The van der Waals surface area contributed by atoms with Gasteiger partial charge < -0.3 is 10.1 Å². The van der Waals surface area contributed by atoms with Gasteiger partial charge in [0, 0.05) is 17.9 Å². The lowest BCUT2D eigenvalue weighted by Crippen LogP contribution is -2.44. The molecular weight excluding hydrogens is 206 g/mol. The molecule has 0 saturated carbocycles. The molecule has 1 aliphatic rings. The molecule has 1 fully saturated rings. The van der Waals surface area contributed by atoms with Crippen LogP contribution >= 0.6 is 11.8 Å². The molecule has 15 heavy (non-hydrogen) atoms. The van der Waals surface area contributed by atoms with Crippen molar-refractivity contribution >= 4 is 11.8 Å². The minimum absolute atomic E-state index is 0.676. The Morgan fingerprint density at radius 1 is 1.33 bits per heavy atom. The van der Waals surface area contributed by atoms with Gasteiger partial charge in [-0.1, -0.05) is 26.7 Å². The number of thioether (sulfide) groups is 1. The highest BCUT2D eigenvalue weighted by molar-refractivity contribution is 8.00. The minimum atomic E-state index is 0.676. The number of rotatable bonds is 7. The molecule has 2 atom stereocenters. The van der Waals surface area contributed by atoms with Crippen molar-refractivity contribution in [3.8, 4) is 0 Å². The molecule has 1 aliphatic heterocycles. The van der Waals surface area contributed by atoms with Gasteiger partial charge in [0.2, 0.25) is 0 Å². The van der Waals surface area contributed by atoms with Crippen LogP contribution in [0.25, 0.3) is 0 Å². The summed E-state index contributed by atoms with van der Waals surface area (Å²) in [6.45, 7) is 7.40. The highest BCUT2D eigenvalue weighted by atomic mass is 32.2. The van der Waals surface area contributed by atoms with Gasteiger partial charge in [0.1, 0.15) is 0 Å². The van der Waals surface area contributed by atoms with E-state index in [-0.39, 0.29) is 0 Å². The lowest BCUT2D eigenvalue weighted by molar-refractivity contribution is 0.0837. The zero-order valence-corrected chi connectivity index (χ0v) is 10.9. The van der Waals surface area contributed by atoms with E-state index < -0.39 is 0 Å². The molecule has 0 aliphatic carbocycles. The smallest absolute Gasteiger partial charge is 0.0600 e. The summed E-state index contributed by atoms with van der Waals surface area (Å²) in [4.78, 5) is 0. The molecule has 1 saturated heterocycles. The first-order valence-corrected chi connectivity index (χ1v) is 7.36. The minimum Gasteiger partial charge on any atom is -0.380 e. The molecule has 0 aromatic carbocycles. The van der Waals surface area contributed by atoms with Crippen LogP contribution in [0.3, 0.4) is 0 Å². The Hall–Kier alpha value is 0.270. The molecule has 1 rings (SSSR count). The van der Waals surface area contributed by atoms with Gasteiger partial charge in [-0.05, 0) is 25.1 Å². The Morgan fingerprint density at radius 2 is 2.20 bits per heavy atom. The molecule has 1 heterocycles. The van der Waals surface area contributed by atoms with Crippen LogP contribution < -0.4 is 5.32 Å². The van der Waals surface area contributed by atoms with E-state index in [9.17, 15) is 0 Å². The van der Waals surface area contributed by atoms with Gasteiger partial charge in [0.15, 0.2) is 0 Å². The number of nitrogens with one attached hydrogen (secondary N) is 1. The molecule has 3 heteroatoms. The Kier molecular flexibility index (Phi) is 7.49. The van der Waals surface area contributed by atoms with Crippen LogP contribution in [0.15, 0.2) is 0 Å². The predicted molar refractivity (Wildman–Crippen MR) is 68.7 cm³/mol. The van der Waals surface area contributed by atoms with Crippen LogP contribution in [0.2, 0.25) is 0 Å². The lowest BCUT2D eigenvalue weighted by atomic mass is 10.1. The molecule has 0 aromatic heterocycles. The van der Waals surface area contributed by atoms with E-state index in [1.807, 2.05) is 0 Å². The van der Waals surface area contributed by atoms with Crippen molar-refractivity contribution in [1.29, 1.82) is 0 Å². The van der Waals surface area contributed by atoms with E-state index >= 15 is 0 Å². The van der Waals surface area contributed by atoms with Gasteiger partial charge in [-0.2, -0.15) is 11.8 Å². The summed E-state index contributed by atoms with van der Waals surface area (Å²) in [6.07, 6.45) is 5.22. The second-order valence-electron chi connectivity index (χ2n) is 4.14. The molecule has 90 valence electrons. The number of ether oxygens (including phenoxy) is 1. The fraction of sp³-hybridized carbons (Fsp3) is 1.00. The second kappa shape index (κ2) is 8.43. The monoisotopic (exact) mass is 231 g/mol. The van der Waals surface area contributed by atoms with Gasteiger partial charge in [-0.25, -0.2) is 0 Å². The van der Waals surface area contributed by atoms with E-state index in [2.05, 4.69) is 30.9 Å². The summed E-state index contributed by atoms with van der Waals surface area (Å²) in [7, 11) is 0. The lowest BCUT2D eigenvalue weighted by Gasteiger charge is -2.31. The summed E-state index contributed by atoms with van der Waals surface area (Å²) >= 11 is 2.10. The van der Waals surface area contributed by atoms with Crippen LogP contribution in [0.1, 0.15) is 39.5 Å². The van der Waals surface area contributed by atoms with Gasteiger partial charge in [0.05, 0.1) is 6.61 Å². The third-order valence-corrected chi connectivity index (χ3v) is 4.27. The van der Waals surface area contributed by atoms with Gasteiger partial charge in [0.25, 0.3) is 0 Å². The largest absolute Gasteiger partial charge is 0.380 e. The highest BCUT2D eigenvalue weighted by Gasteiger charge is 2.24. The topological polar surface area (TPSA) is 21.3 Å². The van der Waals surface area contributed by atoms with E-state index in [0.29, 0.717) is 11.3 Å². The number of unbranched alkanes of at least 4 members (excludes halogenated alkanes) is 2. The van der Waals surface area contributed by atoms with Crippen molar-refractivity contribution in [2.24, 2.45) is 0 Å². The first-order valence-electron chi connectivity index (χ1n) is 6.31. The standard InChI is InChI=1S/C12H25NOS/c1-3-5-6-9-15-12-10-14-8-7-11(12)13-4-2/h11-13H,3-10H2,1-2H3. The van der Waals surface area contributed by atoms with Gasteiger partial charge >= 0.3 is 0 Å². The quantitative estimate of drug-likeness (QED) is 0.681. The van der Waals surface area contributed by atoms with Gasteiger partial charge in [-0.15, -0.1) is 0 Å². The average Bonchev–Trinajstić information content (AvgIpc) is 2.27. The van der Waals surface area contributed by atoms with Crippen LogP contribution in [0.4, 0.5) is 0 Å². The highest BCUT2D eigenvalue weighted by Crippen LogP contribution is 2.22. The van der Waals surface area contributed by atoms with Crippen molar-refractivity contribution in [3.63, 3.8) is 0 Å². The van der Waals surface area contributed by atoms with E-state index in [0.717, 1.165) is 19.8 Å². The fourth-order valence-electron chi connectivity index (χ4n) is 1.96. The van der Waals surface area contributed by atoms with Crippen LogP contribution in [-0.2, 0) is 4.74 Å². The second-order valence-corrected chi connectivity index (χ2v) is 5.49. The maximum Gasteiger partial charge on any atom is 0.0600 e. The zero-order chi connectivity index (χ0) is 10.9. The van der Waals surface area contributed by atoms with Crippen LogP contribution in [0.5, 0.6) is 0 Å². The molecule has 2 nitrogen and oxygen atoms in total. The van der Waals surface area contributed by atoms with Crippen molar-refractivity contribution in [2.75, 3.05) is 25.5 Å². The third-order valence-electron chi connectivity index (χ3n) is 2.85. The van der Waals surface area contributed by atoms with Crippen molar-refractivity contribution < 1.29 is 4.74 Å². The molecule has 0 aromatic rings. The van der Waals surface area contributed by atoms with Crippen LogP contribution in [-0.4, -0.2) is 36.8 Å². The van der Waals surface area contributed by atoms with E-state index in [1.54, 1.807) is 0 Å². The Bertz CT molecular complexity index is 153. The summed E-state index contributed by atoms with van der Waals surface area (Å²) in [5.74, 6) is 1.30. The summed E-state index contributed by atoms with van der Waals surface area (Å²) in [5.41, 5.74) is 0. The van der Waals surface area contributed by atoms with Crippen molar-refractivity contribution in [1.82, 2.24) is 5.32 Å². The van der Waals surface area contributed by atoms with Crippen molar-refractivity contribution in [2.45, 2.75) is 50.8 Å². The number of hydrogen-bond donors (Lipinski definition) is 1. The maximum absolute atomic E-state index is 5.55. The molecule has 0 spiro atoms. The Labute approximate surface area is 98.5 Å². The maximum atomic E-state index is 5.55. The molecular formula is C12H25NOS. The SMILES string of the molecule is CCCCCSC1COCCC1NCC. The normalized spacial score (nSPS) is 26.8. The van der Waals surface area contributed by atoms with Gasteiger partial charge in [-0.3, -0.25) is 0 Å². The summed E-state index contributed by atoms with van der Waals surface area (Å²) < 4.78 is 5.55. The first kappa shape index (κ1) is 13.3. The number of hydrogen-bond acceptors (Lipinski definition) is 3. The first-order chi connectivity index (χ1) is 7.38. The third kappa shape index (κ3) is 5.23. The van der Waals surface area contributed by atoms with E-state index in [4.69, 9.17) is 4.74 Å². The molecule has 2 unspecified atom stereocenters.